The average Bonchev–Trinajstić information content (AvgIpc) is 3.04. The molecule has 0 rings (SSSR count). The highest BCUT2D eigenvalue weighted by Crippen LogP contribution is 2.18. The van der Waals surface area contributed by atoms with E-state index in [0.29, 0.717) is 12.8 Å². The van der Waals surface area contributed by atoms with Crippen LogP contribution >= 0.6 is 0 Å². The molecule has 1 atom stereocenters. The topological polar surface area (TPSA) is 63.6 Å². The Kier molecular flexibility index (Phi) is 35.2. The molecule has 1 N–H and O–H groups in total. The first-order valence-electron chi connectivity index (χ1n) is 19.3. The highest BCUT2D eigenvalue weighted by atomic mass is 16.5. The van der Waals surface area contributed by atoms with E-state index in [2.05, 4.69) is 74.6 Å². The van der Waals surface area contributed by atoms with Gasteiger partial charge < -0.3 is 9.84 Å². The lowest BCUT2D eigenvalue weighted by Gasteiger charge is -2.18. The van der Waals surface area contributed by atoms with Crippen molar-refractivity contribution in [3.05, 3.63) is 60.8 Å². The number of carbonyl (C=O) groups excluding carboxylic acids is 1. The Bertz CT molecular complexity index is 820. The largest absolute Gasteiger partial charge is 0.481 e. The molecule has 0 amide bonds. The molecule has 0 saturated carbocycles. The molecule has 0 aromatic heterocycles. The second kappa shape index (κ2) is 37.1. The maximum Gasteiger partial charge on any atom is 0.306 e. The third kappa shape index (κ3) is 36.1. The first-order chi connectivity index (χ1) is 22.6. The van der Waals surface area contributed by atoms with E-state index in [1.54, 1.807) is 0 Å². The van der Waals surface area contributed by atoms with Crippen LogP contribution in [0.25, 0.3) is 0 Å². The smallest absolute Gasteiger partial charge is 0.306 e. The van der Waals surface area contributed by atoms with E-state index in [1.165, 1.54) is 57.8 Å². The molecule has 0 aromatic rings. The van der Waals surface area contributed by atoms with Crippen molar-refractivity contribution in [1.29, 1.82) is 0 Å². The molecular weight excluding hydrogens is 568 g/mol. The quantitative estimate of drug-likeness (QED) is 0.0432. The zero-order valence-corrected chi connectivity index (χ0v) is 30.1. The van der Waals surface area contributed by atoms with Crippen LogP contribution < -0.4 is 0 Å². The summed E-state index contributed by atoms with van der Waals surface area (Å²) in [6.07, 6.45) is 51.0. The van der Waals surface area contributed by atoms with Crippen LogP contribution in [0.1, 0.15) is 187 Å². The molecule has 46 heavy (non-hydrogen) atoms. The van der Waals surface area contributed by atoms with E-state index < -0.39 is 5.97 Å². The molecule has 0 spiro atoms. The van der Waals surface area contributed by atoms with Crippen LogP contribution in [-0.4, -0.2) is 23.1 Å². The van der Waals surface area contributed by atoms with E-state index in [4.69, 9.17) is 9.84 Å². The summed E-state index contributed by atoms with van der Waals surface area (Å²) in [5.74, 6) is -0.694. The van der Waals surface area contributed by atoms with Crippen LogP contribution in [0.15, 0.2) is 60.8 Å². The zero-order valence-electron chi connectivity index (χ0n) is 30.1. The molecule has 0 saturated heterocycles. The Labute approximate surface area is 284 Å². The van der Waals surface area contributed by atoms with Gasteiger partial charge in [-0.05, 0) is 83.5 Å². The number of ether oxygens (including phenoxy) is 1. The van der Waals surface area contributed by atoms with Gasteiger partial charge >= 0.3 is 11.9 Å². The van der Waals surface area contributed by atoms with Gasteiger partial charge in [-0.3, -0.25) is 9.59 Å². The van der Waals surface area contributed by atoms with E-state index in [1.807, 2.05) is 0 Å². The third-order valence-electron chi connectivity index (χ3n) is 8.25. The van der Waals surface area contributed by atoms with Gasteiger partial charge in [-0.15, -0.1) is 0 Å². The van der Waals surface area contributed by atoms with Crippen molar-refractivity contribution >= 4 is 11.9 Å². The Morgan fingerprint density at radius 1 is 0.500 bits per heavy atom. The Hall–Kier alpha value is -2.36. The van der Waals surface area contributed by atoms with Crippen molar-refractivity contribution in [3.63, 3.8) is 0 Å². The fraction of sp³-hybridized carbons (Fsp3) is 0.714. The maximum absolute atomic E-state index is 12.6. The number of unbranched alkanes of at least 4 members (excludes halogenated alkanes) is 15. The van der Waals surface area contributed by atoms with Gasteiger partial charge in [-0.1, -0.05) is 152 Å². The number of carboxylic acid groups (broad SMARTS) is 1. The van der Waals surface area contributed by atoms with Gasteiger partial charge in [0.15, 0.2) is 0 Å². The molecular formula is C42H72O4. The van der Waals surface area contributed by atoms with Gasteiger partial charge in [0.1, 0.15) is 6.10 Å². The lowest BCUT2D eigenvalue weighted by atomic mass is 10.0. The molecule has 4 nitrogen and oxygen atoms in total. The van der Waals surface area contributed by atoms with Crippen LogP contribution in [-0.2, 0) is 14.3 Å². The molecule has 0 fully saturated rings. The van der Waals surface area contributed by atoms with Crippen LogP contribution in [0.4, 0.5) is 0 Å². The molecule has 0 heterocycles. The number of allylic oxidation sites excluding steroid dienone is 10. The van der Waals surface area contributed by atoms with Crippen molar-refractivity contribution < 1.29 is 19.4 Å². The Morgan fingerprint density at radius 3 is 1.41 bits per heavy atom. The van der Waals surface area contributed by atoms with E-state index in [9.17, 15) is 9.59 Å². The minimum Gasteiger partial charge on any atom is -0.481 e. The summed E-state index contributed by atoms with van der Waals surface area (Å²) in [4.78, 5) is 23.2. The number of carbonyl (C=O) groups is 2. The van der Waals surface area contributed by atoms with E-state index in [0.717, 1.165) is 103 Å². The van der Waals surface area contributed by atoms with Crippen LogP contribution in [0, 0.1) is 0 Å². The van der Waals surface area contributed by atoms with E-state index in [-0.39, 0.29) is 12.1 Å². The molecule has 4 heteroatoms. The molecule has 0 aromatic carbocycles. The van der Waals surface area contributed by atoms with Crippen molar-refractivity contribution in [3.8, 4) is 0 Å². The summed E-state index contributed by atoms with van der Waals surface area (Å²) < 4.78 is 5.99. The number of esters is 1. The van der Waals surface area contributed by atoms with Crippen LogP contribution in [0.5, 0.6) is 0 Å². The first kappa shape index (κ1) is 43.6. The fourth-order valence-electron chi connectivity index (χ4n) is 5.45. The van der Waals surface area contributed by atoms with Gasteiger partial charge in [0.05, 0.1) is 0 Å². The summed E-state index contributed by atoms with van der Waals surface area (Å²) >= 11 is 0. The van der Waals surface area contributed by atoms with Crippen LogP contribution in [0.3, 0.4) is 0 Å². The molecule has 1 unspecified atom stereocenters. The highest BCUT2D eigenvalue weighted by molar-refractivity contribution is 5.69. The summed E-state index contributed by atoms with van der Waals surface area (Å²) in [5, 5.41) is 8.73. The first-order valence-corrected chi connectivity index (χ1v) is 19.3. The van der Waals surface area contributed by atoms with Crippen LogP contribution in [0.2, 0.25) is 0 Å². The predicted molar refractivity (Wildman–Crippen MR) is 199 cm³/mol. The standard InChI is InChI=1S/C42H72O4/c1-3-5-7-9-11-12-13-14-15-16-17-18-19-20-21-22-27-31-35-39-42(45)46-40(36-32-28-10-8-6-4-2)37-33-29-25-23-24-26-30-34-38-41(43)44/h5,7,11-12,14-15,17-18,20-21,40H,3-4,6,8-10,13,16,19,22-39H2,1-2H3,(H,43,44)/b7-5-,12-11-,15-14-,18-17-,21-20-. The number of aliphatic carboxylic acids is 1. The van der Waals surface area contributed by atoms with Gasteiger partial charge in [0.25, 0.3) is 0 Å². The summed E-state index contributed by atoms with van der Waals surface area (Å²) in [6, 6.07) is 0. The van der Waals surface area contributed by atoms with Gasteiger partial charge in [0.2, 0.25) is 0 Å². The molecule has 0 aliphatic carbocycles. The fourth-order valence-corrected chi connectivity index (χ4v) is 5.45. The monoisotopic (exact) mass is 641 g/mol. The second-order valence-corrected chi connectivity index (χ2v) is 12.7. The molecule has 264 valence electrons. The minimum absolute atomic E-state index is 0.00720. The predicted octanol–water partition coefficient (Wildman–Crippen LogP) is 13.3. The van der Waals surface area contributed by atoms with Crippen molar-refractivity contribution in [2.45, 2.75) is 193 Å². The van der Waals surface area contributed by atoms with Crippen molar-refractivity contribution in [2.24, 2.45) is 0 Å². The normalized spacial score (nSPS) is 12.9. The number of hydrogen-bond donors (Lipinski definition) is 1. The summed E-state index contributed by atoms with van der Waals surface area (Å²) in [5.41, 5.74) is 0. The minimum atomic E-state index is -0.687. The number of carboxylic acids is 1. The average molecular weight is 641 g/mol. The van der Waals surface area contributed by atoms with Gasteiger partial charge in [0, 0.05) is 12.8 Å². The van der Waals surface area contributed by atoms with Gasteiger partial charge in [-0.25, -0.2) is 0 Å². The highest BCUT2D eigenvalue weighted by Gasteiger charge is 2.14. The third-order valence-corrected chi connectivity index (χ3v) is 8.25. The Balaban J connectivity index is 4.02. The maximum atomic E-state index is 12.6. The summed E-state index contributed by atoms with van der Waals surface area (Å²) in [6.45, 7) is 4.41. The molecule has 0 radical (unpaired) electrons. The Morgan fingerprint density at radius 2 is 0.913 bits per heavy atom. The summed E-state index contributed by atoms with van der Waals surface area (Å²) in [7, 11) is 0. The lowest BCUT2D eigenvalue weighted by Crippen LogP contribution is -2.18. The SMILES string of the molecule is CC/C=C\C/C=C\C/C=C\C/C=C\C/C=C\CCCCCC(=O)OC(CCCCCCCC)CCCCCCCCCCC(=O)O. The van der Waals surface area contributed by atoms with Crippen molar-refractivity contribution in [2.75, 3.05) is 0 Å². The van der Waals surface area contributed by atoms with Crippen molar-refractivity contribution in [1.82, 2.24) is 0 Å². The number of hydrogen-bond acceptors (Lipinski definition) is 3. The van der Waals surface area contributed by atoms with Gasteiger partial charge in [-0.2, -0.15) is 0 Å². The zero-order chi connectivity index (χ0) is 33.6. The second-order valence-electron chi connectivity index (χ2n) is 12.7. The molecule has 0 bridgehead atoms. The molecule has 0 aliphatic heterocycles. The number of rotatable bonds is 34. The van der Waals surface area contributed by atoms with E-state index >= 15 is 0 Å². The lowest BCUT2D eigenvalue weighted by molar-refractivity contribution is -0.150. The molecule has 0 aliphatic rings.